The average Bonchev–Trinajstić information content (AvgIpc) is 3.00. The van der Waals surface area contributed by atoms with E-state index in [2.05, 4.69) is 98.2 Å². The van der Waals surface area contributed by atoms with Crippen molar-refractivity contribution in [1.29, 1.82) is 0 Å². The summed E-state index contributed by atoms with van der Waals surface area (Å²) in [5.74, 6) is 13.0. The van der Waals surface area contributed by atoms with Crippen molar-refractivity contribution in [2.24, 2.45) is 0 Å². The van der Waals surface area contributed by atoms with Crippen LogP contribution in [-0.2, 0) is 25.7 Å². The van der Waals surface area contributed by atoms with Crippen LogP contribution in [0.5, 0.6) is 0 Å². The van der Waals surface area contributed by atoms with Crippen LogP contribution in [0, 0.1) is 37.5 Å². The first-order valence-corrected chi connectivity index (χ1v) is 14.0. The second-order valence-corrected chi connectivity index (χ2v) is 10.3. The van der Waals surface area contributed by atoms with Gasteiger partial charge in [-0.15, -0.1) is 0 Å². The van der Waals surface area contributed by atoms with E-state index in [0.29, 0.717) is 0 Å². The summed E-state index contributed by atoms with van der Waals surface area (Å²) in [4.78, 5) is 0. The topological polar surface area (TPSA) is 0 Å². The second kappa shape index (κ2) is 13.3. The Kier molecular flexibility index (Phi) is 8.94. The summed E-state index contributed by atoms with van der Waals surface area (Å²) < 4.78 is 0. The minimum atomic E-state index is 1.03. The molecular formula is C40H34. The monoisotopic (exact) mass is 514 g/mol. The van der Waals surface area contributed by atoms with E-state index in [1.54, 1.807) is 0 Å². The fourth-order valence-corrected chi connectivity index (χ4v) is 4.87. The first-order chi connectivity index (χ1) is 19.6. The zero-order valence-corrected chi connectivity index (χ0v) is 23.4. The molecule has 194 valence electrons. The van der Waals surface area contributed by atoms with Gasteiger partial charge in [-0.1, -0.05) is 96.5 Å². The molecule has 0 spiro atoms. The highest BCUT2D eigenvalue weighted by Gasteiger charge is 2.06. The van der Waals surface area contributed by atoms with Gasteiger partial charge in [0.05, 0.1) is 0 Å². The van der Waals surface area contributed by atoms with Crippen LogP contribution in [0.3, 0.4) is 0 Å². The molecule has 0 fully saturated rings. The summed E-state index contributed by atoms with van der Waals surface area (Å²) in [5, 5.41) is 0. The minimum absolute atomic E-state index is 1.03. The van der Waals surface area contributed by atoms with Crippen molar-refractivity contribution in [2.45, 2.75) is 39.5 Å². The third-order valence-electron chi connectivity index (χ3n) is 7.32. The molecule has 0 N–H and O–H groups in total. The van der Waals surface area contributed by atoms with E-state index in [4.69, 9.17) is 0 Å². The molecule has 5 aromatic rings. The van der Waals surface area contributed by atoms with Gasteiger partial charge in [0, 0.05) is 22.3 Å². The largest absolute Gasteiger partial charge is 0.0622 e. The van der Waals surface area contributed by atoms with Gasteiger partial charge in [-0.2, -0.15) is 0 Å². The molecule has 5 rings (SSSR count). The van der Waals surface area contributed by atoms with Crippen molar-refractivity contribution in [3.05, 3.63) is 177 Å². The molecule has 0 aliphatic carbocycles. The van der Waals surface area contributed by atoms with Gasteiger partial charge in [-0.25, -0.2) is 0 Å². The fraction of sp³-hybridized carbons (Fsp3) is 0.150. The molecule has 40 heavy (non-hydrogen) atoms. The number of rotatable bonds is 6. The SMILES string of the molecule is Cc1cc(CCc2ccc(C#Cc3ccccc3)cc2)c(C)cc1CCc1ccc(C#Cc2ccccc2)cc1. The smallest absolute Gasteiger partial charge is 0.0249 e. The predicted octanol–water partition coefficient (Wildman–Crippen LogP) is 8.67. The number of hydrogen-bond donors (Lipinski definition) is 0. The van der Waals surface area contributed by atoms with Crippen LogP contribution in [0.1, 0.15) is 55.6 Å². The molecule has 0 bridgehead atoms. The Hall–Kier alpha value is -4.78. The highest BCUT2D eigenvalue weighted by Crippen LogP contribution is 2.20. The van der Waals surface area contributed by atoms with E-state index < -0.39 is 0 Å². The van der Waals surface area contributed by atoms with Crippen molar-refractivity contribution in [3.63, 3.8) is 0 Å². The van der Waals surface area contributed by atoms with E-state index in [-0.39, 0.29) is 0 Å². The van der Waals surface area contributed by atoms with Crippen LogP contribution in [0.2, 0.25) is 0 Å². The Morgan fingerprint density at radius 1 is 0.375 bits per heavy atom. The van der Waals surface area contributed by atoms with E-state index >= 15 is 0 Å². The van der Waals surface area contributed by atoms with Gasteiger partial charge in [0.15, 0.2) is 0 Å². The van der Waals surface area contributed by atoms with Crippen molar-refractivity contribution < 1.29 is 0 Å². The maximum Gasteiger partial charge on any atom is 0.0249 e. The molecule has 0 radical (unpaired) electrons. The van der Waals surface area contributed by atoms with E-state index in [1.165, 1.54) is 33.4 Å². The first-order valence-electron chi connectivity index (χ1n) is 14.0. The lowest BCUT2D eigenvalue weighted by Gasteiger charge is -2.13. The Morgan fingerprint density at radius 2 is 0.700 bits per heavy atom. The third-order valence-corrected chi connectivity index (χ3v) is 7.32. The lowest BCUT2D eigenvalue weighted by Crippen LogP contribution is -2.00. The van der Waals surface area contributed by atoms with Crippen LogP contribution in [0.25, 0.3) is 0 Å². The van der Waals surface area contributed by atoms with Crippen LogP contribution in [-0.4, -0.2) is 0 Å². The van der Waals surface area contributed by atoms with Crippen LogP contribution >= 0.6 is 0 Å². The Labute approximate surface area is 239 Å². The summed E-state index contributed by atoms with van der Waals surface area (Å²) in [7, 11) is 0. The number of hydrogen-bond acceptors (Lipinski definition) is 0. The van der Waals surface area contributed by atoms with Crippen LogP contribution < -0.4 is 0 Å². The molecule has 0 saturated carbocycles. The van der Waals surface area contributed by atoms with Crippen LogP contribution in [0.4, 0.5) is 0 Å². The molecule has 0 heterocycles. The summed E-state index contributed by atoms with van der Waals surface area (Å²) in [6, 6.07) is 42.4. The van der Waals surface area contributed by atoms with E-state index in [1.807, 2.05) is 60.7 Å². The lowest BCUT2D eigenvalue weighted by molar-refractivity contribution is 0.919. The summed E-state index contributed by atoms with van der Waals surface area (Å²) >= 11 is 0. The third kappa shape index (κ3) is 7.63. The molecule has 0 aliphatic rings. The first kappa shape index (κ1) is 26.8. The van der Waals surface area contributed by atoms with Crippen molar-refractivity contribution in [2.75, 3.05) is 0 Å². The molecule has 0 aromatic heterocycles. The van der Waals surface area contributed by atoms with Gasteiger partial charge in [0.25, 0.3) is 0 Å². The Balaban J connectivity index is 1.15. The van der Waals surface area contributed by atoms with Gasteiger partial charge >= 0.3 is 0 Å². The molecule has 0 saturated heterocycles. The molecule has 0 atom stereocenters. The average molecular weight is 515 g/mol. The Morgan fingerprint density at radius 3 is 1.05 bits per heavy atom. The maximum atomic E-state index is 3.27. The standard InChI is InChI=1S/C40H34/c1-31-29-40(28-26-38-23-19-36(20-24-38)16-14-34-11-7-4-8-12-34)32(2)30-39(31)27-25-37-21-17-35(18-22-37)15-13-33-9-5-3-6-10-33/h3-12,17-24,29-30H,25-28H2,1-2H3. The normalized spacial score (nSPS) is 10.2. The maximum absolute atomic E-state index is 3.27. The zero-order chi connectivity index (χ0) is 27.6. The van der Waals surface area contributed by atoms with E-state index in [0.717, 1.165) is 47.9 Å². The second-order valence-electron chi connectivity index (χ2n) is 10.3. The van der Waals surface area contributed by atoms with Gasteiger partial charge in [0.1, 0.15) is 0 Å². The molecule has 0 aliphatic heterocycles. The molecule has 5 aromatic carbocycles. The van der Waals surface area contributed by atoms with Crippen LogP contribution in [0.15, 0.2) is 121 Å². The molecular weight excluding hydrogens is 480 g/mol. The van der Waals surface area contributed by atoms with E-state index in [9.17, 15) is 0 Å². The zero-order valence-electron chi connectivity index (χ0n) is 23.4. The van der Waals surface area contributed by atoms with Gasteiger partial charge < -0.3 is 0 Å². The van der Waals surface area contributed by atoms with Gasteiger partial charge in [-0.05, 0) is 121 Å². The fourth-order valence-electron chi connectivity index (χ4n) is 4.87. The summed E-state index contributed by atoms with van der Waals surface area (Å²) in [6.07, 6.45) is 4.16. The van der Waals surface area contributed by atoms with Gasteiger partial charge in [0.2, 0.25) is 0 Å². The number of aryl methyl sites for hydroxylation is 6. The minimum Gasteiger partial charge on any atom is -0.0622 e. The highest BCUT2D eigenvalue weighted by molar-refractivity contribution is 5.45. The quantitative estimate of drug-likeness (QED) is 0.199. The summed E-state index contributed by atoms with van der Waals surface area (Å²) in [5.41, 5.74) is 12.6. The summed E-state index contributed by atoms with van der Waals surface area (Å²) in [6.45, 7) is 4.50. The van der Waals surface area contributed by atoms with Crippen molar-refractivity contribution >= 4 is 0 Å². The molecule has 0 unspecified atom stereocenters. The van der Waals surface area contributed by atoms with Gasteiger partial charge in [-0.3, -0.25) is 0 Å². The van der Waals surface area contributed by atoms with Crippen molar-refractivity contribution in [3.8, 4) is 23.7 Å². The Bertz CT molecular complexity index is 1540. The number of benzene rings is 5. The molecule has 0 heteroatoms. The highest BCUT2D eigenvalue weighted by atomic mass is 14.1. The van der Waals surface area contributed by atoms with Crippen molar-refractivity contribution in [1.82, 2.24) is 0 Å². The predicted molar refractivity (Wildman–Crippen MR) is 168 cm³/mol. The molecule has 0 amide bonds. The molecule has 0 nitrogen and oxygen atoms in total. The lowest BCUT2D eigenvalue weighted by atomic mass is 9.92.